The van der Waals surface area contributed by atoms with Crippen LogP contribution in [-0.4, -0.2) is 19.7 Å². The second-order valence-electron chi connectivity index (χ2n) is 11.3. The number of benzene rings is 3. The zero-order valence-corrected chi connectivity index (χ0v) is 25.7. The fraction of sp³-hybridized carbons (Fsp3) is 0.286. The minimum Gasteiger partial charge on any atom is -0.438 e. The lowest BCUT2D eigenvalue weighted by molar-refractivity contribution is 0.114. The Morgan fingerprint density at radius 3 is 2.44 bits per heavy atom. The van der Waals surface area contributed by atoms with Gasteiger partial charge in [-0.1, -0.05) is 52.5 Å². The van der Waals surface area contributed by atoms with Crippen molar-refractivity contribution in [1.82, 2.24) is 19.7 Å². The van der Waals surface area contributed by atoms with Crippen LogP contribution in [0.15, 0.2) is 85.5 Å². The van der Waals surface area contributed by atoms with Gasteiger partial charge in [0.1, 0.15) is 17.9 Å². The van der Waals surface area contributed by atoms with Crippen LogP contribution in [0.4, 0.5) is 15.9 Å². The summed E-state index contributed by atoms with van der Waals surface area (Å²) in [5.74, 6) is 1.84. The fourth-order valence-corrected chi connectivity index (χ4v) is 5.06. The van der Waals surface area contributed by atoms with E-state index in [1.54, 1.807) is 17.7 Å². The molecule has 3 aromatic carbocycles. The van der Waals surface area contributed by atoms with Crippen molar-refractivity contribution in [1.29, 1.82) is 0 Å². The molecule has 222 valence electrons. The number of fused-ring (bicyclic) bond motifs is 1. The third-order valence-electron chi connectivity index (χ3n) is 7.85. The number of nitrogens with one attached hydrogen (secondary N) is 2. The first-order chi connectivity index (χ1) is 20.6. The summed E-state index contributed by atoms with van der Waals surface area (Å²) in [5, 5.41) is 12.0. The molecule has 43 heavy (non-hydrogen) atoms. The van der Waals surface area contributed by atoms with Gasteiger partial charge in [-0.3, -0.25) is 0 Å². The molecule has 0 saturated heterocycles. The number of aromatic nitrogens is 4. The summed E-state index contributed by atoms with van der Waals surface area (Å²) in [6, 6.07) is 21.4. The fourth-order valence-electron chi connectivity index (χ4n) is 5.06. The zero-order valence-electron chi connectivity index (χ0n) is 25.7. The van der Waals surface area contributed by atoms with E-state index in [-0.39, 0.29) is 5.92 Å². The Balaban J connectivity index is 1.36. The van der Waals surface area contributed by atoms with E-state index in [1.807, 2.05) is 69.3 Å². The normalized spacial score (nSPS) is 12.7. The molecule has 0 bridgehead atoms. The molecule has 8 heteroatoms. The van der Waals surface area contributed by atoms with Crippen molar-refractivity contribution >= 4 is 22.4 Å². The monoisotopic (exact) mass is 578 g/mol. The number of halogens is 1. The largest absolute Gasteiger partial charge is 0.438 e. The van der Waals surface area contributed by atoms with Crippen LogP contribution in [0.1, 0.15) is 57.0 Å². The maximum absolute atomic E-state index is 15.9. The molecule has 5 rings (SSSR count). The first-order valence-electron chi connectivity index (χ1n) is 14.7. The van der Waals surface area contributed by atoms with Crippen molar-refractivity contribution in [3.63, 3.8) is 0 Å². The van der Waals surface area contributed by atoms with Crippen LogP contribution in [0.3, 0.4) is 0 Å². The van der Waals surface area contributed by atoms with Gasteiger partial charge >= 0.3 is 0 Å². The number of alkyl halides is 1. The molecule has 1 atom stereocenters. The van der Waals surface area contributed by atoms with E-state index in [0.29, 0.717) is 29.0 Å². The Morgan fingerprint density at radius 2 is 1.72 bits per heavy atom. The molecule has 0 aliphatic heterocycles. The second kappa shape index (κ2) is 12.3. The average molecular weight is 579 g/mol. The summed E-state index contributed by atoms with van der Waals surface area (Å²) in [6.07, 6.45) is 3.40. The molecule has 2 aromatic heterocycles. The topological polar surface area (TPSA) is 76.9 Å². The SMILES string of the molecule is C=C(Nc1cccc(Oc2ncnc3cc(CC)c(CC)cc23)c1)Nc1cc(C(C)(F)C(C)C)n(-c2cccc(C)c2)n1. The van der Waals surface area contributed by atoms with Gasteiger partial charge in [-0.2, -0.15) is 0 Å². The highest BCUT2D eigenvalue weighted by molar-refractivity contribution is 5.85. The van der Waals surface area contributed by atoms with Crippen molar-refractivity contribution in [3.05, 3.63) is 108 Å². The zero-order chi connectivity index (χ0) is 30.7. The lowest BCUT2D eigenvalue weighted by Crippen LogP contribution is -2.26. The highest BCUT2D eigenvalue weighted by atomic mass is 19.1. The smallest absolute Gasteiger partial charge is 0.230 e. The predicted octanol–water partition coefficient (Wildman–Crippen LogP) is 8.88. The minimum absolute atomic E-state index is 0.251. The number of hydrogen-bond acceptors (Lipinski definition) is 6. The van der Waals surface area contributed by atoms with Crippen LogP contribution in [0.5, 0.6) is 11.6 Å². The number of hydrogen-bond donors (Lipinski definition) is 2. The van der Waals surface area contributed by atoms with Gasteiger partial charge in [0.25, 0.3) is 0 Å². The molecule has 7 nitrogen and oxygen atoms in total. The van der Waals surface area contributed by atoms with Gasteiger partial charge in [-0.15, -0.1) is 5.10 Å². The second-order valence-corrected chi connectivity index (χ2v) is 11.3. The van der Waals surface area contributed by atoms with E-state index in [1.165, 1.54) is 17.5 Å². The van der Waals surface area contributed by atoms with E-state index >= 15 is 4.39 Å². The molecule has 0 fully saturated rings. The Morgan fingerprint density at radius 1 is 0.977 bits per heavy atom. The van der Waals surface area contributed by atoms with Crippen molar-refractivity contribution in [2.45, 2.75) is 60.1 Å². The highest BCUT2D eigenvalue weighted by Gasteiger charge is 2.35. The average Bonchev–Trinajstić information content (AvgIpc) is 3.41. The van der Waals surface area contributed by atoms with E-state index < -0.39 is 5.67 Å². The maximum atomic E-state index is 15.9. The summed E-state index contributed by atoms with van der Waals surface area (Å²) in [6.45, 7) is 15.8. The van der Waals surface area contributed by atoms with Gasteiger partial charge in [-0.05, 0) is 85.7 Å². The standard InChI is InChI=1S/C35H39FN6O/c1-8-25-17-30-31(18-26(25)9-2)37-21-38-34(30)43-29-15-11-13-27(19-29)39-24(6)40-33-20-32(35(7,36)22(3)4)42(41-33)28-14-10-12-23(5)16-28/h10-22,39H,6,8-9H2,1-5,7H3,(H,40,41). The molecule has 5 aromatic rings. The quantitative estimate of drug-likeness (QED) is 0.163. The molecule has 0 amide bonds. The Kier molecular flexibility index (Phi) is 8.48. The first kappa shape index (κ1) is 29.8. The Labute approximate surface area is 252 Å². The van der Waals surface area contributed by atoms with Gasteiger partial charge in [0, 0.05) is 17.8 Å². The Hall–Kier alpha value is -4.72. The summed E-state index contributed by atoms with van der Waals surface area (Å²) in [7, 11) is 0. The van der Waals surface area contributed by atoms with Crippen molar-refractivity contribution in [2.24, 2.45) is 5.92 Å². The summed E-state index contributed by atoms with van der Waals surface area (Å²) in [5.41, 5.74) is 4.90. The molecule has 2 N–H and O–H groups in total. The van der Waals surface area contributed by atoms with Crippen LogP contribution < -0.4 is 15.4 Å². The number of anilines is 2. The van der Waals surface area contributed by atoms with Crippen molar-refractivity contribution in [3.8, 4) is 17.3 Å². The highest BCUT2D eigenvalue weighted by Crippen LogP contribution is 2.36. The van der Waals surface area contributed by atoms with Crippen molar-refractivity contribution in [2.75, 3.05) is 10.6 Å². The molecule has 0 radical (unpaired) electrons. The van der Waals surface area contributed by atoms with Crippen molar-refractivity contribution < 1.29 is 9.13 Å². The van der Waals surface area contributed by atoms with Gasteiger partial charge in [0.15, 0.2) is 11.5 Å². The van der Waals surface area contributed by atoms with Gasteiger partial charge < -0.3 is 15.4 Å². The van der Waals surface area contributed by atoms with E-state index in [4.69, 9.17) is 9.84 Å². The number of ether oxygens (including phenoxy) is 1. The lowest BCUT2D eigenvalue weighted by atomic mass is 9.91. The van der Waals surface area contributed by atoms with Gasteiger partial charge in [-0.25, -0.2) is 19.0 Å². The molecule has 0 spiro atoms. The summed E-state index contributed by atoms with van der Waals surface area (Å²) in [4.78, 5) is 8.89. The lowest BCUT2D eigenvalue weighted by Gasteiger charge is -2.25. The van der Waals surface area contributed by atoms with Gasteiger partial charge in [0.05, 0.1) is 22.3 Å². The van der Waals surface area contributed by atoms with E-state index in [0.717, 1.165) is 40.7 Å². The number of rotatable bonds is 11. The van der Waals surface area contributed by atoms with E-state index in [2.05, 4.69) is 53.2 Å². The number of aryl methyl sites for hydroxylation is 3. The number of nitrogens with zero attached hydrogens (tertiary/aromatic N) is 4. The van der Waals surface area contributed by atoms with E-state index in [9.17, 15) is 0 Å². The maximum Gasteiger partial charge on any atom is 0.230 e. The first-order valence-corrected chi connectivity index (χ1v) is 14.7. The molecule has 1 unspecified atom stereocenters. The molecule has 2 heterocycles. The third kappa shape index (κ3) is 6.38. The summed E-state index contributed by atoms with van der Waals surface area (Å²) >= 11 is 0. The van der Waals surface area contributed by atoms with Gasteiger partial charge in [0.2, 0.25) is 5.88 Å². The Bertz CT molecular complexity index is 1770. The molecular weight excluding hydrogens is 539 g/mol. The van der Waals surface area contributed by atoms with Crippen LogP contribution in [-0.2, 0) is 18.5 Å². The van der Waals surface area contributed by atoms with Crippen LogP contribution >= 0.6 is 0 Å². The molecular formula is C35H39FN6O. The minimum atomic E-state index is -1.60. The van der Waals surface area contributed by atoms with Crippen LogP contribution in [0.25, 0.3) is 16.6 Å². The third-order valence-corrected chi connectivity index (χ3v) is 7.85. The van der Waals surface area contributed by atoms with Crippen LogP contribution in [0, 0.1) is 12.8 Å². The molecule has 0 aliphatic rings. The molecule has 0 aliphatic carbocycles. The summed E-state index contributed by atoms with van der Waals surface area (Å²) < 4.78 is 23.8. The molecule has 0 saturated carbocycles. The van der Waals surface area contributed by atoms with Crippen LogP contribution in [0.2, 0.25) is 0 Å². The predicted molar refractivity (Wildman–Crippen MR) is 173 cm³/mol.